The van der Waals surface area contributed by atoms with Crippen molar-refractivity contribution in [2.75, 3.05) is 37.6 Å². The Morgan fingerprint density at radius 1 is 1.04 bits per heavy atom. The van der Waals surface area contributed by atoms with E-state index in [1.165, 1.54) is 0 Å². The molecule has 2 aliphatic rings. The summed E-state index contributed by atoms with van der Waals surface area (Å²) < 4.78 is 0. The number of carbonyl (C=O) groups is 2. The van der Waals surface area contributed by atoms with Gasteiger partial charge in [-0.1, -0.05) is 36.2 Å². The van der Waals surface area contributed by atoms with Crippen molar-refractivity contribution >= 4 is 40.7 Å². The van der Waals surface area contributed by atoms with Crippen molar-refractivity contribution in [3.05, 3.63) is 40.0 Å². The standard InChI is InChI=1S/C16H17Cl2N3O2/c1-2-19-6-8-20(9-7-19)14-13(18)15(22)21(16(14)23)12-5-3-4-11(17)10-12/h3-5,10H,2,6-9H2,1H3. The van der Waals surface area contributed by atoms with Crippen LogP contribution >= 0.6 is 23.2 Å². The first-order chi connectivity index (χ1) is 11.0. The summed E-state index contributed by atoms with van der Waals surface area (Å²) in [7, 11) is 0. The third kappa shape index (κ3) is 2.96. The highest BCUT2D eigenvalue weighted by atomic mass is 35.5. The number of rotatable bonds is 3. The number of carbonyl (C=O) groups excluding carboxylic acids is 2. The highest BCUT2D eigenvalue weighted by Crippen LogP contribution is 2.32. The summed E-state index contributed by atoms with van der Waals surface area (Å²) in [5.41, 5.74) is 0.736. The first-order valence-electron chi connectivity index (χ1n) is 7.54. The fourth-order valence-electron chi connectivity index (χ4n) is 2.90. The molecule has 1 aromatic rings. The van der Waals surface area contributed by atoms with Gasteiger partial charge in [-0.2, -0.15) is 0 Å². The van der Waals surface area contributed by atoms with Gasteiger partial charge < -0.3 is 9.80 Å². The van der Waals surface area contributed by atoms with Gasteiger partial charge in [0.2, 0.25) is 0 Å². The van der Waals surface area contributed by atoms with Gasteiger partial charge in [0.25, 0.3) is 11.8 Å². The Balaban J connectivity index is 1.85. The third-order valence-corrected chi connectivity index (χ3v) is 4.78. The molecule has 7 heteroatoms. The zero-order chi connectivity index (χ0) is 16.6. The van der Waals surface area contributed by atoms with Crippen LogP contribution in [0.1, 0.15) is 6.92 Å². The maximum absolute atomic E-state index is 12.8. The second kappa shape index (κ2) is 6.51. The SMILES string of the molecule is CCN1CCN(C2=C(Cl)C(=O)N(c3cccc(Cl)c3)C2=O)CC1. The third-order valence-electron chi connectivity index (χ3n) is 4.21. The lowest BCUT2D eigenvalue weighted by atomic mass is 10.2. The van der Waals surface area contributed by atoms with Gasteiger partial charge in [-0.05, 0) is 24.7 Å². The molecule has 0 spiro atoms. The zero-order valence-electron chi connectivity index (χ0n) is 12.8. The molecule has 1 aromatic carbocycles. The summed E-state index contributed by atoms with van der Waals surface area (Å²) in [6, 6.07) is 6.64. The fraction of sp³-hybridized carbons (Fsp3) is 0.375. The van der Waals surface area contributed by atoms with Gasteiger partial charge in [0.1, 0.15) is 10.7 Å². The fourth-order valence-corrected chi connectivity index (χ4v) is 3.37. The van der Waals surface area contributed by atoms with Gasteiger partial charge in [-0.15, -0.1) is 0 Å². The van der Waals surface area contributed by atoms with Crippen LogP contribution in [-0.4, -0.2) is 54.3 Å². The molecular formula is C16H17Cl2N3O2. The molecule has 0 aliphatic carbocycles. The van der Waals surface area contributed by atoms with Crippen molar-refractivity contribution in [3.63, 3.8) is 0 Å². The summed E-state index contributed by atoms with van der Waals surface area (Å²) in [4.78, 5) is 30.5. The Morgan fingerprint density at radius 2 is 1.74 bits per heavy atom. The molecule has 0 unspecified atom stereocenters. The minimum absolute atomic E-state index is 0.0140. The number of likely N-dealkylation sites (N-methyl/N-ethyl adjacent to an activating group) is 1. The molecule has 2 aliphatic heterocycles. The van der Waals surface area contributed by atoms with Gasteiger partial charge in [-0.3, -0.25) is 9.59 Å². The van der Waals surface area contributed by atoms with Crippen molar-refractivity contribution in [2.45, 2.75) is 6.92 Å². The smallest absolute Gasteiger partial charge is 0.283 e. The van der Waals surface area contributed by atoms with Crippen LogP contribution in [-0.2, 0) is 9.59 Å². The highest BCUT2D eigenvalue weighted by molar-refractivity contribution is 6.52. The number of halogens is 2. The molecule has 122 valence electrons. The summed E-state index contributed by atoms with van der Waals surface area (Å²) >= 11 is 12.2. The maximum atomic E-state index is 12.8. The normalized spacial score (nSPS) is 20.0. The largest absolute Gasteiger partial charge is 0.363 e. The van der Waals surface area contributed by atoms with Gasteiger partial charge >= 0.3 is 0 Å². The van der Waals surface area contributed by atoms with Crippen LogP contribution < -0.4 is 4.90 Å². The molecule has 2 amide bonds. The molecule has 23 heavy (non-hydrogen) atoms. The molecule has 2 heterocycles. The second-order valence-electron chi connectivity index (χ2n) is 5.51. The Bertz CT molecular complexity index is 682. The van der Waals surface area contributed by atoms with E-state index in [1.807, 2.05) is 4.90 Å². The van der Waals surface area contributed by atoms with Crippen molar-refractivity contribution in [2.24, 2.45) is 0 Å². The lowest BCUT2D eigenvalue weighted by Crippen LogP contribution is -2.47. The lowest BCUT2D eigenvalue weighted by molar-refractivity contribution is -0.121. The molecule has 0 aromatic heterocycles. The van der Waals surface area contributed by atoms with Crippen molar-refractivity contribution in [1.82, 2.24) is 9.80 Å². The van der Waals surface area contributed by atoms with Crippen LogP contribution in [0.5, 0.6) is 0 Å². The molecule has 1 fully saturated rings. The number of benzene rings is 1. The van der Waals surface area contributed by atoms with Crippen LogP contribution in [0.25, 0.3) is 0 Å². The summed E-state index contributed by atoms with van der Waals surface area (Å²) in [6.07, 6.45) is 0. The van der Waals surface area contributed by atoms with Gasteiger partial charge in [0, 0.05) is 31.2 Å². The number of piperazine rings is 1. The van der Waals surface area contributed by atoms with Crippen LogP contribution in [0.2, 0.25) is 5.02 Å². The summed E-state index contributed by atoms with van der Waals surface area (Å²) in [5, 5.41) is 0.448. The van der Waals surface area contributed by atoms with Gasteiger partial charge in [-0.25, -0.2) is 4.90 Å². The number of hydrogen-bond donors (Lipinski definition) is 0. The van der Waals surface area contributed by atoms with E-state index in [0.717, 1.165) is 24.5 Å². The topological polar surface area (TPSA) is 43.9 Å². The van der Waals surface area contributed by atoms with Gasteiger partial charge in [0.15, 0.2) is 0 Å². The molecule has 0 N–H and O–H groups in total. The number of nitrogens with zero attached hydrogens (tertiary/aromatic N) is 3. The predicted molar refractivity (Wildman–Crippen MR) is 90.5 cm³/mol. The Morgan fingerprint density at radius 3 is 2.35 bits per heavy atom. The Labute approximate surface area is 145 Å². The van der Waals surface area contributed by atoms with Crippen LogP contribution in [0.3, 0.4) is 0 Å². The van der Waals surface area contributed by atoms with Crippen molar-refractivity contribution in [1.29, 1.82) is 0 Å². The highest BCUT2D eigenvalue weighted by Gasteiger charge is 2.41. The van der Waals surface area contributed by atoms with E-state index in [-0.39, 0.29) is 10.9 Å². The van der Waals surface area contributed by atoms with E-state index in [1.54, 1.807) is 24.3 Å². The summed E-state index contributed by atoms with van der Waals surface area (Å²) in [6.45, 7) is 6.14. The lowest BCUT2D eigenvalue weighted by Gasteiger charge is -2.35. The van der Waals surface area contributed by atoms with Crippen LogP contribution in [0.15, 0.2) is 35.0 Å². The molecule has 3 rings (SSSR count). The van der Waals surface area contributed by atoms with E-state index >= 15 is 0 Å². The molecule has 0 atom stereocenters. The molecular weight excluding hydrogens is 337 g/mol. The number of anilines is 1. The Kier molecular flexibility index (Phi) is 4.62. The van der Waals surface area contributed by atoms with Crippen LogP contribution in [0.4, 0.5) is 5.69 Å². The number of amides is 2. The molecule has 0 saturated carbocycles. The van der Waals surface area contributed by atoms with Gasteiger partial charge in [0.05, 0.1) is 5.69 Å². The monoisotopic (exact) mass is 353 g/mol. The summed E-state index contributed by atoms with van der Waals surface area (Å²) in [5.74, 6) is -0.876. The average molecular weight is 354 g/mol. The zero-order valence-corrected chi connectivity index (χ0v) is 14.3. The minimum atomic E-state index is -0.494. The van der Waals surface area contributed by atoms with Crippen molar-refractivity contribution in [3.8, 4) is 0 Å². The molecule has 0 bridgehead atoms. The molecule has 5 nitrogen and oxygen atoms in total. The Hall–Kier alpha value is -1.56. The quantitative estimate of drug-likeness (QED) is 0.782. The van der Waals surface area contributed by atoms with E-state index < -0.39 is 5.91 Å². The van der Waals surface area contributed by atoms with Crippen LogP contribution in [0, 0.1) is 0 Å². The number of imide groups is 1. The second-order valence-corrected chi connectivity index (χ2v) is 6.32. The first kappa shape index (κ1) is 16.3. The van der Waals surface area contributed by atoms with E-state index in [0.29, 0.717) is 29.5 Å². The maximum Gasteiger partial charge on any atom is 0.283 e. The van der Waals surface area contributed by atoms with E-state index in [9.17, 15) is 9.59 Å². The predicted octanol–water partition coefficient (Wildman–Crippen LogP) is 2.30. The number of hydrogen-bond acceptors (Lipinski definition) is 4. The van der Waals surface area contributed by atoms with E-state index in [4.69, 9.17) is 23.2 Å². The van der Waals surface area contributed by atoms with E-state index in [2.05, 4.69) is 11.8 Å². The minimum Gasteiger partial charge on any atom is -0.363 e. The molecule has 0 radical (unpaired) electrons. The first-order valence-corrected chi connectivity index (χ1v) is 8.30. The average Bonchev–Trinajstić information content (AvgIpc) is 2.77. The van der Waals surface area contributed by atoms with Crippen molar-refractivity contribution < 1.29 is 9.59 Å². The molecule has 1 saturated heterocycles.